The van der Waals surface area contributed by atoms with Gasteiger partial charge in [0.15, 0.2) is 5.11 Å². The third-order valence-corrected chi connectivity index (χ3v) is 5.30. The molecule has 2 aromatic rings. The van der Waals surface area contributed by atoms with E-state index < -0.39 is 0 Å². The Labute approximate surface area is 182 Å². The van der Waals surface area contributed by atoms with Crippen molar-refractivity contribution in [2.24, 2.45) is 0 Å². The number of ether oxygens (including phenoxy) is 1. The highest BCUT2D eigenvalue weighted by Crippen LogP contribution is 2.32. The number of carbonyl (C=O) groups is 1. The minimum absolute atomic E-state index is 0.235. The quantitative estimate of drug-likeness (QED) is 0.360. The summed E-state index contributed by atoms with van der Waals surface area (Å²) in [5, 5.41) is 6.02. The number of nitrogens with one attached hydrogen (secondary N) is 2. The number of aryl methyl sites for hydroxylation is 1. The Morgan fingerprint density at radius 1 is 1.28 bits per heavy atom. The molecule has 0 aliphatic rings. The molecule has 0 radical (unpaired) electrons. The van der Waals surface area contributed by atoms with Crippen molar-refractivity contribution in [3.05, 3.63) is 54.0 Å². The summed E-state index contributed by atoms with van der Waals surface area (Å²) in [5.41, 5.74) is 2.40. The first-order chi connectivity index (χ1) is 11.8. The fraction of sp³-hybridized carbons (Fsp3) is 0.176. The topological polar surface area (TPSA) is 50.4 Å². The summed E-state index contributed by atoms with van der Waals surface area (Å²) >= 11 is 14.3. The van der Waals surface area contributed by atoms with E-state index >= 15 is 0 Å². The van der Waals surface area contributed by atoms with Gasteiger partial charge in [0, 0.05) is 13.7 Å². The molecule has 2 rings (SSSR count). The first-order valence-electron chi connectivity index (χ1n) is 7.29. The maximum Gasteiger partial charge on any atom is 0.261 e. The lowest BCUT2D eigenvalue weighted by Gasteiger charge is -2.15. The number of amides is 1. The number of thiocarbonyl (C=S) groups is 1. The molecule has 0 aliphatic carbocycles. The van der Waals surface area contributed by atoms with Crippen LogP contribution < -0.4 is 15.4 Å². The molecule has 0 fully saturated rings. The molecule has 8 heteroatoms. The molecule has 132 valence electrons. The van der Waals surface area contributed by atoms with Crippen LogP contribution >= 0.6 is 66.7 Å². The molecule has 2 aromatic carbocycles. The maximum absolute atomic E-state index is 12.6. The van der Waals surface area contributed by atoms with Gasteiger partial charge in [-0.2, -0.15) is 0 Å². The molecule has 0 heterocycles. The zero-order valence-corrected chi connectivity index (χ0v) is 19.6. The first-order valence-corrected chi connectivity index (χ1v) is 10.4. The number of methoxy groups -OCH3 is 1. The van der Waals surface area contributed by atoms with Crippen LogP contribution in [0.3, 0.4) is 0 Å². The Balaban J connectivity index is 2.18. The number of hydrogen-bond acceptors (Lipinski definition) is 3. The number of halogens is 3. The highest BCUT2D eigenvalue weighted by atomic mass is 127. The zero-order valence-electron chi connectivity index (χ0n) is 13.5. The second-order valence-corrected chi connectivity index (χ2v) is 8.46. The third kappa shape index (κ3) is 5.38. The number of carbonyl (C=O) groups excluding carboxylic acids is 1. The molecule has 0 aromatic heterocycles. The summed E-state index contributed by atoms with van der Waals surface area (Å²) in [6.45, 7) is 2.07. The fourth-order valence-electron chi connectivity index (χ4n) is 2.24. The van der Waals surface area contributed by atoms with Crippen LogP contribution in [-0.4, -0.2) is 18.1 Å². The summed E-state index contributed by atoms with van der Waals surface area (Å²) in [7, 11) is 1.51. The Bertz CT molecular complexity index is 831. The minimum atomic E-state index is -0.347. The molecule has 0 saturated heterocycles. The van der Waals surface area contributed by atoms with Gasteiger partial charge in [0.2, 0.25) is 0 Å². The number of benzene rings is 2. The lowest BCUT2D eigenvalue weighted by molar-refractivity contribution is 0.0974. The van der Waals surface area contributed by atoms with E-state index in [1.165, 1.54) is 7.11 Å². The van der Waals surface area contributed by atoms with Crippen LogP contribution in [-0.2, 0) is 6.42 Å². The van der Waals surface area contributed by atoms with Gasteiger partial charge in [-0.1, -0.05) is 22.9 Å². The highest BCUT2D eigenvalue weighted by Gasteiger charge is 2.17. The standard InChI is InChI=1S/C17H15Br2IN2O2S/c1-3-9-6-11(20)4-5-14(9)21-17(25)22-16(23)12-7-10(18)8-13(19)15(12)24-2/h4-8H,3H2,1-2H3,(H2,21,22,23,25). The van der Waals surface area contributed by atoms with Gasteiger partial charge >= 0.3 is 0 Å². The Hall–Kier alpha value is -0.710. The largest absolute Gasteiger partial charge is 0.495 e. The number of hydrogen-bond donors (Lipinski definition) is 2. The van der Waals surface area contributed by atoms with Gasteiger partial charge in [-0.15, -0.1) is 0 Å². The molecular weight excluding hydrogens is 583 g/mol. The molecule has 25 heavy (non-hydrogen) atoms. The van der Waals surface area contributed by atoms with Crippen LogP contribution in [0.2, 0.25) is 0 Å². The van der Waals surface area contributed by atoms with E-state index in [-0.39, 0.29) is 11.0 Å². The Morgan fingerprint density at radius 2 is 2.00 bits per heavy atom. The second kappa shape index (κ2) is 9.29. The van der Waals surface area contributed by atoms with Crippen molar-refractivity contribution in [2.75, 3.05) is 12.4 Å². The molecule has 1 amide bonds. The van der Waals surface area contributed by atoms with E-state index in [0.717, 1.165) is 25.7 Å². The molecule has 4 nitrogen and oxygen atoms in total. The summed E-state index contributed by atoms with van der Waals surface area (Å²) in [5.74, 6) is 0.104. The van der Waals surface area contributed by atoms with E-state index in [0.29, 0.717) is 15.8 Å². The van der Waals surface area contributed by atoms with E-state index in [4.69, 9.17) is 17.0 Å². The summed E-state index contributed by atoms with van der Waals surface area (Å²) in [6.07, 6.45) is 0.863. The average Bonchev–Trinajstić information content (AvgIpc) is 2.55. The second-order valence-electron chi connectivity index (χ2n) is 5.03. The molecule has 0 aliphatic heterocycles. The first kappa shape index (κ1) is 20.6. The smallest absolute Gasteiger partial charge is 0.261 e. The molecule has 0 bridgehead atoms. The Morgan fingerprint density at radius 3 is 2.64 bits per heavy atom. The number of anilines is 1. The van der Waals surface area contributed by atoms with Crippen molar-refractivity contribution in [3.63, 3.8) is 0 Å². The molecular formula is C17H15Br2IN2O2S. The van der Waals surface area contributed by atoms with E-state index in [1.807, 2.05) is 18.2 Å². The van der Waals surface area contributed by atoms with Gasteiger partial charge in [-0.3, -0.25) is 10.1 Å². The normalized spacial score (nSPS) is 10.3. The van der Waals surface area contributed by atoms with Gasteiger partial charge < -0.3 is 10.1 Å². The lowest BCUT2D eigenvalue weighted by atomic mass is 10.1. The van der Waals surface area contributed by atoms with Crippen molar-refractivity contribution in [1.29, 1.82) is 0 Å². The highest BCUT2D eigenvalue weighted by molar-refractivity contribution is 14.1. The molecule has 2 N–H and O–H groups in total. The lowest BCUT2D eigenvalue weighted by Crippen LogP contribution is -2.34. The predicted molar refractivity (Wildman–Crippen MR) is 121 cm³/mol. The van der Waals surface area contributed by atoms with Crippen molar-refractivity contribution >= 4 is 83.4 Å². The summed E-state index contributed by atoms with van der Waals surface area (Å²) in [6, 6.07) is 9.52. The predicted octanol–water partition coefficient (Wildman–Crippen LogP) is 5.51. The fourth-order valence-corrected chi connectivity index (χ4v) is 4.38. The summed E-state index contributed by atoms with van der Waals surface area (Å²) < 4.78 is 7.90. The van der Waals surface area contributed by atoms with E-state index in [1.54, 1.807) is 6.07 Å². The van der Waals surface area contributed by atoms with Gasteiger partial charge in [0.25, 0.3) is 5.91 Å². The van der Waals surface area contributed by atoms with Crippen molar-refractivity contribution in [1.82, 2.24) is 5.32 Å². The van der Waals surface area contributed by atoms with Crippen molar-refractivity contribution in [2.45, 2.75) is 13.3 Å². The third-order valence-electron chi connectivity index (χ3n) is 3.38. The molecule has 0 spiro atoms. The van der Waals surface area contributed by atoms with Crippen molar-refractivity contribution in [3.8, 4) is 5.75 Å². The number of rotatable bonds is 4. The van der Waals surface area contributed by atoms with Crippen LogP contribution in [0, 0.1) is 3.57 Å². The van der Waals surface area contributed by atoms with Gasteiger partial charge in [-0.25, -0.2) is 0 Å². The van der Waals surface area contributed by atoms with Crippen LogP contribution in [0.5, 0.6) is 5.75 Å². The van der Waals surface area contributed by atoms with Crippen molar-refractivity contribution < 1.29 is 9.53 Å². The van der Waals surface area contributed by atoms with Crippen LogP contribution in [0.1, 0.15) is 22.8 Å². The van der Waals surface area contributed by atoms with Crippen LogP contribution in [0.15, 0.2) is 39.3 Å². The van der Waals surface area contributed by atoms with E-state index in [2.05, 4.69) is 78.1 Å². The van der Waals surface area contributed by atoms with Gasteiger partial charge in [0.1, 0.15) is 5.75 Å². The SMILES string of the molecule is CCc1cc(I)ccc1NC(=S)NC(=O)c1cc(Br)cc(Br)c1OC. The minimum Gasteiger partial charge on any atom is -0.495 e. The van der Waals surface area contributed by atoms with Crippen LogP contribution in [0.25, 0.3) is 0 Å². The average molecular weight is 598 g/mol. The van der Waals surface area contributed by atoms with E-state index in [9.17, 15) is 4.79 Å². The Kier molecular flexibility index (Phi) is 7.66. The zero-order chi connectivity index (χ0) is 18.6. The van der Waals surface area contributed by atoms with Gasteiger partial charge in [0.05, 0.1) is 17.1 Å². The van der Waals surface area contributed by atoms with Gasteiger partial charge in [-0.05, 0) is 93.1 Å². The monoisotopic (exact) mass is 596 g/mol. The summed E-state index contributed by atoms with van der Waals surface area (Å²) in [4.78, 5) is 12.6. The molecule has 0 saturated carbocycles. The molecule has 0 atom stereocenters. The van der Waals surface area contributed by atoms with Crippen LogP contribution in [0.4, 0.5) is 5.69 Å². The molecule has 0 unspecified atom stereocenters. The maximum atomic E-state index is 12.6.